The number of aryl methyl sites for hydroxylation is 2. The van der Waals surface area contributed by atoms with Crippen LogP contribution in [0.1, 0.15) is 11.1 Å². The molecule has 172 valence electrons. The number of aromatic nitrogens is 4. The summed E-state index contributed by atoms with van der Waals surface area (Å²) in [6.07, 6.45) is 4.23. The van der Waals surface area contributed by atoms with Crippen LogP contribution in [0.15, 0.2) is 109 Å². The second-order valence-electron chi connectivity index (χ2n) is 9.43. The summed E-state index contributed by atoms with van der Waals surface area (Å²) < 4.78 is 4.39. The van der Waals surface area contributed by atoms with Gasteiger partial charge in [0.25, 0.3) is 0 Å². The first-order valence-corrected chi connectivity index (χ1v) is 12.2. The highest BCUT2D eigenvalue weighted by Gasteiger charge is 2.13. The molecule has 0 saturated heterocycles. The number of hydrogen-bond acceptors (Lipinski definition) is 2. The lowest BCUT2D eigenvalue weighted by Crippen LogP contribution is -2.02. The van der Waals surface area contributed by atoms with E-state index in [-0.39, 0.29) is 0 Å². The molecule has 7 aromatic rings. The first-order valence-electron chi connectivity index (χ1n) is 12.2. The van der Waals surface area contributed by atoms with E-state index in [0.717, 1.165) is 39.3 Å². The third-order valence-corrected chi connectivity index (χ3v) is 6.91. The van der Waals surface area contributed by atoms with Gasteiger partial charge in [0.05, 0.1) is 16.6 Å². The largest absolute Gasteiger partial charge is 0.317 e. The molecule has 4 heteroatoms. The number of fused-ring (bicyclic) bond motifs is 3. The number of benzene rings is 4. The van der Waals surface area contributed by atoms with Crippen LogP contribution < -0.4 is 0 Å². The van der Waals surface area contributed by atoms with Crippen LogP contribution in [0.2, 0.25) is 0 Å². The molecule has 0 N–H and O–H groups in total. The first kappa shape index (κ1) is 20.7. The summed E-state index contributed by atoms with van der Waals surface area (Å²) >= 11 is 0. The average molecular weight is 465 g/mol. The first-order chi connectivity index (χ1) is 17.6. The zero-order valence-corrected chi connectivity index (χ0v) is 20.2. The Morgan fingerprint density at radius 2 is 1.22 bits per heavy atom. The summed E-state index contributed by atoms with van der Waals surface area (Å²) in [6.45, 7) is 4.25. The Hall–Kier alpha value is -4.70. The Labute approximate surface area is 209 Å². The van der Waals surface area contributed by atoms with Gasteiger partial charge in [-0.1, -0.05) is 35.4 Å². The molecule has 36 heavy (non-hydrogen) atoms. The lowest BCUT2D eigenvalue weighted by molar-refractivity contribution is 1.04. The predicted octanol–water partition coefficient (Wildman–Crippen LogP) is 7.80. The highest BCUT2D eigenvalue weighted by molar-refractivity contribution is 5.91. The zero-order chi connectivity index (χ0) is 24.2. The average Bonchev–Trinajstić information content (AvgIpc) is 3.51. The fourth-order valence-electron chi connectivity index (χ4n) is 5.08. The van der Waals surface area contributed by atoms with Crippen molar-refractivity contribution in [1.82, 2.24) is 19.1 Å². The maximum Gasteiger partial charge on any atom is 0.162 e. The number of nitrogens with zero attached hydrogens (tertiary/aromatic N) is 4. The summed E-state index contributed by atoms with van der Waals surface area (Å²) in [5.74, 6) is 1.61. The molecular formula is C32H24N4. The van der Waals surface area contributed by atoms with Crippen molar-refractivity contribution in [2.75, 3.05) is 0 Å². The smallest absolute Gasteiger partial charge is 0.162 e. The van der Waals surface area contributed by atoms with Crippen molar-refractivity contribution in [3.8, 4) is 22.9 Å². The SMILES string of the molecule is Cc1ccc2c(ccn2-c2ccc(-c3nc(-n4ccc5cc(C)ccc54)c4ccccc4n3)cc2)c1. The molecule has 0 saturated carbocycles. The van der Waals surface area contributed by atoms with Crippen molar-refractivity contribution in [1.29, 1.82) is 0 Å². The molecule has 0 bridgehead atoms. The molecule has 0 amide bonds. The van der Waals surface area contributed by atoms with Gasteiger partial charge >= 0.3 is 0 Å². The van der Waals surface area contributed by atoms with Crippen LogP contribution >= 0.6 is 0 Å². The van der Waals surface area contributed by atoms with Crippen LogP contribution in [0.3, 0.4) is 0 Å². The molecule has 7 rings (SSSR count). The summed E-state index contributed by atoms with van der Waals surface area (Å²) in [4.78, 5) is 10.0. The van der Waals surface area contributed by atoms with E-state index < -0.39 is 0 Å². The van der Waals surface area contributed by atoms with Gasteiger partial charge in [0.2, 0.25) is 0 Å². The third kappa shape index (κ3) is 3.30. The summed E-state index contributed by atoms with van der Waals surface area (Å²) in [7, 11) is 0. The quantitative estimate of drug-likeness (QED) is 0.267. The standard InChI is InChI=1S/C32H24N4/c1-21-7-13-29-24(19-21)15-17-35(29)26-11-9-23(10-12-26)31-33-28-6-4-3-5-27(28)32(34-31)36-18-16-25-20-22(2)8-14-30(25)36/h3-20H,1-2H3. The second kappa shape index (κ2) is 7.92. The lowest BCUT2D eigenvalue weighted by Gasteiger charge is -2.12. The van der Waals surface area contributed by atoms with Crippen molar-refractivity contribution in [2.24, 2.45) is 0 Å². The third-order valence-electron chi connectivity index (χ3n) is 6.91. The highest BCUT2D eigenvalue weighted by atomic mass is 15.1. The van der Waals surface area contributed by atoms with Gasteiger partial charge in [-0.3, -0.25) is 0 Å². The Bertz CT molecular complexity index is 1910. The molecule has 0 atom stereocenters. The van der Waals surface area contributed by atoms with E-state index in [0.29, 0.717) is 0 Å². The molecule has 0 aliphatic rings. The number of rotatable bonds is 3. The Balaban J connectivity index is 1.36. The molecule has 4 aromatic carbocycles. The van der Waals surface area contributed by atoms with E-state index in [1.54, 1.807) is 0 Å². The fourth-order valence-corrected chi connectivity index (χ4v) is 5.08. The lowest BCUT2D eigenvalue weighted by atomic mass is 10.1. The van der Waals surface area contributed by atoms with Gasteiger partial charge < -0.3 is 9.13 Å². The molecule has 0 unspecified atom stereocenters. The Morgan fingerprint density at radius 1 is 0.583 bits per heavy atom. The van der Waals surface area contributed by atoms with Gasteiger partial charge in [0, 0.05) is 39.8 Å². The van der Waals surface area contributed by atoms with Gasteiger partial charge in [0.15, 0.2) is 5.82 Å². The molecule has 0 spiro atoms. The molecule has 0 aliphatic carbocycles. The minimum Gasteiger partial charge on any atom is -0.317 e. The normalized spacial score (nSPS) is 11.6. The minimum absolute atomic E-state index is 0.720. The van der Waals surface area contributed by atoms with Crippen molar-refractivity contribution < 1.29 is 0 Å². The highest BCUT2D eigenvalue weighted by Crippen LogP contribution is 2.29. The van der Waals surface area contributed by atoms with Crippen molar-refractivity contribution in [2.45, 2.75) is 13.8 Å². The maximum atomic E-state index is 5.08. The predicted molar refractivity (Wildman–Crippen MR) is 148 cm³/mol. The summed E-state index contributed by atoms with van der Waals surface area (Å²) in [6, 6.07) is 34.1. The zero-order valence-electron chi connectivity index (χ0n) is 20.2. The van der Waals surface area contributed by atoms with E-state index in [9.17, 15) is 0 Å². The molecule has 0 fully saturated rings. The Kier molecular flexibility index (Phi) is 4.55. The van der Waals surface area contributed by atoms with E-state index in [4.69, 9.17) is 9.97 Å². The molecular weight excluding hydrogens is 440 g/mol. The van der Waals surface area contributed by atoms with Gasteiger partial charge in [-0.05, 0) is 86.6 Å². The number of hydrogen-bond donors (Lipinski definition) is 0. The van der Waals surface area contributed by atoms with Crippen LogP contribution in [0, 0.1) is 13.8 Å². The van der Waals surface area contributed by atoms with Gasteiger partial charge in [-0.25, -0.2) is 9.97 Å². The summed E-state index contributed by atoms with van der Waals surface area (Å²) in [5, 5.41) is 3.48. The van der Waals surface area contributed by atoms with E-state index >= 15 is 0 Å². The minimum atomic E-state index is 0.720. The van der Waals surface area contributed by atoms with Crippen LogP contribution in [0.4, 0.5) is 0 Å². The second-order valence-corrected chi connectivity index (χ2v) is 9.43. The summed E-state index contributed by atoms with van der Waals surface area (Å²) in [5.41, 5.74) is 7.90. The van der Waals surface area contributed by atoms with Crippen molar-refractivity contribution in [3.63, 3.8) is 0 Å². The molecule has 3 heterocycles. The number of para-hydroxylation sites is 1. The van der Waals surface area contributed by atoms with E-state index in [2.05, 4.69) is 120 Å². The fraction of sp³-hybridized carbons (Fsp3) is 0.0625. The molecule has 3 aromatic heterocycles. The van der Waals surface area contributed by atoms with Gasteiger partial charge in [0.1, 0.15) is 5.82 Å². The van der Waals surface area contributed by atoms with E-state index in [1.165, 1.54) is 27.4 Å². The maximum absolute atomic E-state index is 5.08. The Morgan fingerprint density at radius 3 is 1.94 bits per heavy atom. The van der Waals surface area contributed by atoms with Crippen LogP contribution in [-0.4, -0.2) is 19.1 Å². The van der Waals surface area contributed by atoms with Gasteiger partial charge in [-0.2, -0.15) is 0 Å². The van der Waals surface area contributed by atoms with Crippen LogP contribution in [0.5, 0.6) is 0 Å². The monoisotopic (exact) mass is 464 g/mol. The van der Waals surface area contributed by atoms with Crippen LogP contribution in [-0.2, 0) is 0 Å². The molecule has 0 aliphatic heterocycles. The molecule has 0 radical (unpaired) electrons. The van der Waals surface area contributed by atoms with Crippen LogP contribution in [0.25, 0.3) is 55.6 Å². The van der Waals surface area contributed by atoms with Crippen molar-refractivity contribution in [3.05, 3.63) is 121 Å². The topological polar surface area (TPSA) is 35.6 Å². The van der Waals surface area contributed by atoms with Gasteiger partial charge in [-0.15, -0.1) is 0 Å². The van der Waals surface area contributed by atoms with E-state index in [1.807, 2.05) is 12.1 Å². The molecule has 4 nitrogen and oxygen atoms in total. The van der Waals surface area contributed by atoms with Crippen molar-refractivity contribution >= 4 is 32.7 Å².